The van der Waals surface area contributed by atoms with Gasteiger partial charge in [0.1, 0.15) is 5.82 Å². The molecule has 1 heterocycles. The first-order chi connectivity index (χ1) is 10.1. The molecule has 0 aromatic heterocycles. The van der Waals surface area contributed by atoms with Gasteiger partial charge in [-0.2, -0.15) is 0 Å². The third kappa shape index (κ3) is 1.97. The number of aliphatic hydroxyl groups excluding tert-OH is 1. The van der Waals surface area contributed by atoms with Gasteiger partial charge in [0.25, 0.3) is 0 Å². The second kappa shape index (κ2) is 4.79. The maximum Gasteiger partial charge on any atom is 0.147 e. The van der Waals surface area contributed by atoms with Crippen LogP contribution in [0.5, 0.6) is 0 Å². The average Bonchev–Trinajstić information content (AvgIpc) is 2.97. The van der Waals surface area contributed by atoms with Gasteiger partial charge in [-0.25, -0.2) is 4.39 Å². The lowest BCUT2D eigenvalue weighted by Gasteiger charge is -2.49. The third-order valence-electron chi connectivity index (χ3n) is 5.89. The van der Waals surface area contributed by atoms with Crippen LogP contribution in [0.2, 0.25) is 5.02 Å². The molecule has 5 rings (SSSR count). The summed E-state index contributed by atoms with van der Waals surface area (Å²) in [6.45, 7) is 0.453. The molecular weight excluding hydrogens is 289 g/mol. The van der Waals surface area contributed by atoms with Crippen LogP contribution in [0.1, 0.15) is 61.3 Å². The van der Waals surface area contributed by atoms with E-state index in [2.05, 4.69) is 4.99 Å². The van der Waals surface area contributed by atoms with Crippen molar-refractivity contribution in [3.63, 3.8) is 0 Å². The number of halogens is 2. The molecule has 4 heteroatoms. The second-order valence-electron chi connectivity index (χ2n) is 6.87. The van der Waals surface area contributed by atoms with Crippen molar-refractivity contribution in [1.29, 1.82) is 0 Å². The summed E-state index contributed by atoms with van der Waals surface area (Å²) in [5.41, 5.74) is 1.94. The summed E-state index contributed by atoms with van der Waals surface area (Å²) in [5.74, 6) is 0.368. The van der Waals surface area contributed by atoms with Gasteiger partial charge in [-0.3, -0.25) is 4.99 Å². The molecule has 3 saturated carbocycles. The molecule has 112 valence electrons. The Morgan fingerprint density at radius 2 is 1.95 bits per heavy atom. The van der Waals surface area contributed by atoms with Gasteiger partial charge in [0.05, 0.1) is 17.7 Å². The summed E-state index contributed by atoms with van der Waals surface area (Å²) in [6.07, 6.45) is 7.47. The molecule has 1 atom stereocenters. The zero-order valence-corrected chi connectivity index (χ0v) is 12.7. The first-order valence-electron chi connectivity index (χ1n) is 7.79. The van der Waals surface area contributed by atoms with E-state index in [0.29, 0.717) is 12.1 Å². The van der Waals surface area contributed by atoms with Crippen molar-refractivity contribution in [2.75, 3.05) is 0 Å². The third-order valence-corrected chi connectivity index (χ3v) is 6.16. The van der Waals surface area contributed by atoms with Crippen molar-refractivity contribution < 1.29 is 9.50 Å². The summed E-state index contributed by atoms with van der Waals surface area (Å²) >= 11 is 6.03. The normalized spacial score (nSPS) is 31.5. The first-order valence-corrected chi connectivity index (χ1v) is 8.17. The van der Waals surface area contributed by atoms with E-state index in [-0.39, 0.29) is 10.4 Å². The minimum atomic E-state index is -0.757. The smallest absolute Gasteiger partial charge is 0.147 e. The molecule has 4 aliphatic rings. The van der Waals surface area contributed by atoms with Crippen LogP contribution in [0, 0.1) is 17.2 Å². The van der Waals surface area contributed by atoms with Crippen LogP contribution in [-0.4, -0.2) is 11.3 Å². The monoisotopic (exact) mass is 307 g/mol. The highest BCUT2D eigenvalue weighted by Gasteiger charge is 2.47. The van der Waals surface area contributed by atoms with Gasteiger partial charge in [0.15, 0.2) is 0 Å². The lowest BCUT2D eigenvalue weighted by Crippen LogP contribution is -2.39. The number of hydrogen-bond acceptors (Lipinski definition) is 2. The Morgan fingerprint density at radius 1 is 1.29 bits per heavy atom. The Balaban J connectivity index is 1.80. The van der Waals surface area contributed by atoms with Crippen LogP contribution >= 0.6 is 11.6 Å². The highest BCUT2D eigenvalue weighted by molar-refractivity contribution is 6.31. The minimum Gasteiger partial charge on any atom is -0.388 e. The van der Waals surface area contributed by atoms with Crippen LogP contribution in [0.3, 0.4) is 0 Å². The molecule has 1 aliphatic heterocycles. The molecule has 0 amide bonds. The van der Waals surface area contributed by atoms with Crippen LogP contribution < -0.4 is 0 Å². The van der Waals surface area contributed by atoms with Crippen LogP contribution in [0.25, 0.3) is 0 Å². The zero-order chi connectivity index (χ0) is 14.6. The van der Waals surface area contributed by atoms with E-state index in [0.717, 1.165) is 55.6 Å². The fraction of sp³-hybridized carbons (Fsp3) is 0.588. The number of nitrogens with zero attached hydrogens (tertiary/aromatic N) is 1. The molecule has 21 heavy (non-hydrogen) atoms. The van der Waals surface area contributed by atoms with Gasteiger partial charge in [-0.1, -0.05) is 11.6 Å². The molecule has 2 bridgehead atoms. The van der Waals surface area contributed by atoms with Gasteiger partial charge in [-0.15, -0.1) is 0 Å². The van der Waals surface area contributed by atoms with Crippen LogP contribution in [0.15, 0.2) is 11.1 Å². The molecule has 3 aliphatic carbocycles. The van der Waals surface area contributed by atoms with E-state index < -0.39 is 11.9 Å². The molecule has 1 N–H and O–H groups in total. The van der Waals surface area contributed by atoms with Crippen molar-refractivity contribution in [2.24, 2.45) is 16.3 Å². The SMILES string of the molecule is O[C@@H](c1c(F)c(Cl)cc2c1CN=C2)C12CCC(CC1)CC2. The fourth-order valence-corrected chi connectivity index (χ4v) is 4.73. The summed E-state index contributed by atoms with van der Waals surface area (Å²) in [4.78, 5) is 4.22. The molecule has 0 unspecified atom stereocenters. The number of benzene rings is 1. The van der Waals surface area contributed by atoms with Crippen molar-refractivity contribution in [3.8, 4) is 0 Å². The van der Waals surface area contributed by atoms with Gasteiger partial charge in [0.2, 0.25) is 0 Å². The van der Waals surface area contributed by atoms with Crippen molar-refractivity contribution in [2.45, 2.75) is 51.2 Å². The highest BCUT2D eigenvalue weighted by atomic mass is 35.5. The van der Waals surface area contributed by atoms with Gasteiger partial charge >= 0.3 is 0 Å². The molecule has 1 aromatic carbocycles. The summed E-state index contributed by atoms with van der Waals surface area (Å²) in [5, 5.41) is 11.1. The fourth-order valence-electron chi connectivity index (χ4n) is 4.51. The van der Waals surface area contributed by atoms with Crippen molar-refractivity contribution >= 4 is 17.8 Å². The molecular formula is C17H19ClFNO. The van der Waals surface area contributed by atoms with E-state index in [9.17, 15) is 9.50 Å². The molecule has 1 aromatic rings. The lowest BCUT2D eigenvalue weighted by molar-refractivity contribution is -0.0575. The molecule has 0 saturated heterocycles. The first kappa shape index (κ1) is 13.7. The van der Waals surface area contributed by atoms with Gasteiger partial charge in [-0.05, 0) is 61.6 Å². The van der Waals surface area contributed by atoms with Crippen molar-refractivity contribution in [3.05, 3.63) is 33.6 Å². The van der Waals surface area contributed by atoms with E-state index in [1.807, 2.05) is 0 Å². The Hall–Kier alpha value is -0.930. The minimum absolute atomic E-state index is 0.0945. The van der Waals surface area contributed by atoms with Crippen LogP contribution in [0.4, 0.5) is 4.39 Å². The predicted molar refractivity (Wildman–Crippen MR) is 81.3 cm³/mol. The molecule has 3 fully saturated rings. The number of aliphatic hydroxyl groups is 1. The van der Waals surface area contributed by atoms with E-state index in [1.165, 1.54) is 0 Å². The second-order valence-corrected chi connectivity index (χ2v) is 7.28. The van der Waals surface area contributed by atoms with Crippen LogP contribution in [-0.2, 0) is 6.54 Å². The summed E-state index contributed by atoms with van der Waals surface area (Å²) in [7, 11) is 0. The van der Waals surface area contributed by atoms with E-state index in [4.69, 9.17) is 11.6 Å². The van der Waals surface area contributed by atoms with Gasteiger partial charge in [0, 0.05) is 17.2 Å². The van der Waals surface area contributed by atoms with E-state index >= 15 is 0 Å². The number of hydrogen-bond donors (Lipinski definition) is 1. The van der Waals surface area contributed by atoms with E-state index in [1.54, 1.807) is 12.3 Å². The Bertz CT molecular complexity index is 606. The van der Waals surface area contributed by atoms with Crippen molar-refractivity contribution in [1.82, 2.24) is 0 Å². The number of rotatable bonds is 2. The van der Waals surface area contributed by atoms with Gasteiger partial charge < -0.3 is 5.11 Å². The average molecular weight is 308 g/mol. The Kier molecular flexibility index (Phi) is 3.13. The molecule has 0 spiro atoms. The maximum atomic E-state index is 14.6. The maximum absolute atomic E-state index is 14.6. The standard InChI is InChI=1S/C17H19ClFNO/c18-13-7-11-8-20-9-12(11)14(15(13)19)16(21)17-4-1-10(2-5-17)3-6-17/h7-8,10,16,21H,1-6,9H2/t10?,16-,17?/m0/s1. The summed E-state index contributed by atoms with van der Waals surface area (Å²) in [6, 6.07) is 1.62. The number of fused-ring (bicyclic) bond motifs is 4. The summed E-state index contributed by atoms with van der Waals surface area (Å²) < 4.78 is 14.6. The number of aliphatic imine (C=N–C) groups is 1. The zero-order valence-electron chi connectivity index (χ0n) is 11.9. The predicted octanol–water partition coefficient (Wildman–Crippen LogP) is 4.42. The molecule has 0 radical (unpaired) electrons. The Labute approximate surface area is 129 Å². The lowest BCUT2D eigenvalue weighted by atomic mass is 9.57. The highest BCUT2D eigenvalue weighted by Crippen LogP contribution is 2.57. The quantitative estimate of drug-likeness (QED) is 0.862. The Morgan fingerprint density at radius 3 is 2.62 bits per heavy atom. The topological polar surface area (TPSA) is 32.6 Å². The molecule has 2 nitrogen and oxygen atoms in total. The largest absolute Gasteiger partial charge is 0.388 e.